The first-order valence-electron chi connectivity index (χ1n) is 6.59. The molecule has 3 heteroatoms. The Kier molecular flexibility index (Phi) is 5.32. The van der Waals surface area contributed by atoms with E-state index in [0.29, 0.717) is 12.0 Å². The lowest BCUT2D eigenvalue weighted by Gasteiger charge is -2.29. The third kappa shape index (κ3) is 3.31. The predicted octanol–water partition coefficient (Wildman–Crippen LogP) is 4.07. The summed E-state index contributed by atoms with van der Waals surface area (Å²) >= 11 is 0. The molecule has 1 amide bonds. The average molecular weight is 251 g/mol. The molecule has 18 heavy (non-hydrogen) atoms. The number of nitrogens with zero attached hydrogens (tertiary/aromatic N) is 1. The van der Waals surface area contributed by atoms with Gasteiger partial charge in [-0.1, -0.05) is 13.8 Å². The SMILES string of the molecule is CCCC(=O)N(c1ccc(F)c(C)c1)C(C)CC. The van der Waals surface area contributed by atoms with E-state index in [-0.39, 0.29) is 17.8 Å². The molecule has 2 nitrogen and oxygen atoms in total. The zero-order chi connectivity index (χ0) is 13.7. The maximum Gasteiger partial charge on any atom is 0.227 e. The zero-order valence-corrected chi connectivity index (χ0v) is 11.7. The van der Waals surface area contributed by atoms with Gasteiger partial charge in [0.25, 0.3) is 0 Å². The summed E-state index contributed by atoms with van der Waals surface area (Å²) < 4.78 is 13.3. The molecular formula is C15H22FNO. The van der Waals surface area contributed by atoms with Crippen molar-refractivity contribution in [2.24, 2.45) is 0 Å². The molecule has 1 aromatic carbocycles. The van der Waals surface area contributed by atoms with Crippen LogP contribution in [0.2, 0.25) is 0 Å². The topological polar surface area (TPSA) is 20.3 Å². The number of hydrogen-bond donors (Lipinski definition) is 0. The highest BCUT2D eigenvalue weighted by molar-refractivity contribution is 5.93. The smallest absolute Gasteiger partial charge is 0.227 e. The summed E-state index contributed by atoms with van der Waals surface area (Å²) in [6.07, 6.45) is 2.23. The molecule has 0 fully saturated rings. The summed E-state index contributed by atoms with van der Waals surface area (Å²) in [5.41, 5.74) is 1.37. The molecule has 0 aliphatic rings. The van der Waals surface area contributed by atoms with Crippen molar-refractivity contribution in [3.05, 3.63) is 29.6 Å². The normalized spacial score (nSPS) is 12.3. The Morgan fingerprint density at radius 3 is 2.56 bits per heavy atom. The van der Waals surface area contributed by atoms with E-state index in [1.54, 1.807) is 24.0 Å². The van der Waals surface area contributed by atoms with Gasteiger partial charge in [0.05, 0.1) is 0 Å². The monoisotopic (exact) mass is 251 g/mol. The number of aryl methyl sites for hydroxylation is 1. The van der Waals surface area contributed by atoms with Crippen LogP contribution in [0.25, 0.3) is 0 Å². The fraction of sp³-hybridized carbons (Fsp3) is 0.533. The van der Waals surface area contributed by atoms with Crippen LogP contribution in [0.1, 0.15) is 45.6 Å². The molecule has 0 spiro atoms. The summed E-state index contributed by atoms with van der Waals surface area (Å²) in [6, 6.07) is 4.99. The van der Waals surface area contributed by atoms with Gasteiger partial charge in [-0.05, 0) is 50.5 Å². The molecule has 0 saturated heterocycles. The Hall–Kier alpha value is -1.38. The fourth-order valence-electron chi connectivity index (χ4n) is 1.94. The van der Waals surface area contributed by atoms with Crippen molar-refractivity contribution < 1.29 is 9.18 Å². The van der Waals surface area contributed by atoms with E-state index in [2.05, 4.69) is 0 Å². The van der Waals surface area contributed by atoms with Crippen LogP contribution in [-0.2, 0) is 4.79 Å². The van der Waals surface area contributed by atoms with E-state index in [9.17, 15) is 9.18 Å². The minimum Gasteiger partial charge on any atom is -0.310 e. The van der Waals surface area contributed by atoms with Gasteiger partial charge in [0, 0.05) is 18.2 Å². The van der Waals surface area contributed by atoms with Crippen LogP contribution in [0.4, 0.5) is 10.1 Å². The van der Waals surface area contributed by atoms with Crippen LogP contribution in [0.5, 0.6) is 0 Å². The van der Waals surface area contributed by atoms with Crippen molar-refractivity contribution >= 4 is 11.6 Å². The molecule has 1 unspecified atom stereocenters. The number of amides is 1. The van der Waals surface area contributed by atoms with Crippen LogP contribution in [0, 0.1) is 12.7 Å². The average Bonchev–Trinajstić information content (AvgIpc) is 2.34. The van der Waals surface area contributed by atoms with Gasteiger partial charge in [-0.3, -0.25) is 4.79 Å². The highest BCUT2D eigenvalue weighted by Crippen LogP contribution is 2.23. The lowest BCUT2D eigenvalue weighted by Crippen LogP contribution is -2.38. The molecule has 0 aromatic heterocycles. The quantitative estimate of drug-likeness (QED) is 0.772. The second kappa shape index (κ2) is 6.53. The Morgan fingerprint density at radius 2 is 2.06 bits per heavy atom. The Bertz CT molecular complexity index is 417. The van der Waals surface area contributed by atoms with Crippen molar-refractivity contribution in [2.75, 3.05) is 4.90 Å². The number of carbonyl (C=O) groups excluding carboxylic acids is 1. The van der Waals surface area contributed by atoms with Gasteiger partial charge in [0.1, 0.15) is 5.82 Å². The van der Waals surface area contributed by atoms with Crippen LogP contribution in [-0.4, -0.2) is 11.9 Å². The summed E-state index contributed by atoms with van der Waals surface area (Å²) in [7, 11) is 0. The first-order valence-corrected chi connectivity index (χ1v) is 6.59. The largest absolute Gasteiger partial charge is 0.310 e. The first kappa shape index (κ1) is 14.7. The molecule has 1 atom stereocenters. The van der Waals surface area contributed by atoms with E-state index < -0.39 is 0 Å². The lowest BCUT2D eigenvalue weighted by atomic mass is 10.1. The van der Waals surface area contributed by atoms with Crippen LogP contribution in [0.3, 0.4) is 0 Å². The summed E-state index contributed by atoms with van der Waals surface area (Å²) in [5.74, 6) is -0.122. The number of hydrogen-bond acceptors (Lipinski definition) is 1. The molecule has 0 heterocycles. The van der Waals surface area contributed by atoms with Gasteiger partial charge in [0.2, 0.25) is 5.91 Å². The second-order valence-corrected chi connectivity index (χ2v) is 4.70. The molecule has 0 N–H and O–H groups in total. The van der Waals surface area contributed by atoms with Crippen molar-refractivity contribution in [1.82, 2.24) is 0 Å². The van der Waals surface area contributed by atoms with E-state index in [1.807, 2.05) is 20.8 Å². The molecule has 0 bridgehead atoms. The van der Waals surface area contributed by atoms with E-state index in [0.717, 1.165) is 18.5 Å². The summed E-state index contributed by atoms with van der Waals surface area (Å²) in [4.78, 5) is 14.0. The number of benzene rings is 1. The highest BCUT2D eigenvalue weighted by Gasteiger charge is 2.20. The molecular weight excluding hydrogens is 229 g/mol. The van der Waals surface area contributed by atoms with Crippen LogP contribution in [0.15, 0.2) is 18.2 Å². The van der Waals surface area contributed by atoms with Gasteiger partial charge in [-0.2, -0.15) is 0 Å². The van der Waals surface area contributed by atoms with Crippen molar-refractivity contribution in [3.8, 4) is 0 Å². The number of carbonyl (C=O) groups is 1. The minimum absolute atomic E-state index is 0.109. The van der Waals surface area contributed by atoms with Crippen LogP contribution < -0.4 is 4.90 Å². The van der Waals surface area contributed by atoms with E-state index >= 15 is 0 Å². The van der Waals surface area contributed by atoms with Crippen LogP contribution >= 0.6 is 0 Å². The lowest BCUT2D eigenvalue weighted by molar-refractivity contribution is -0.119. The number of halogens is 1. The first-order chi connectivity index (χ1) is 8.51. The molecule has 0 aliphatic carbocycles. The van der Waals surface area contributed by atoms with Gasteiger partial charge in [-0.25, -0.2) is 4.39 Å². The number of rotatable bonds is 5. The Labute approximate surface area is 109 Å². The standard InChI is InChI=1S/C15H22FNO/c1-5-7-15(18)17(12(4)6-2)13-8-9-14(16)11(3)10-13/h8-10,12H,5-7H2,1-4H3. The molecule has 1 rings (SSSR count). The zero-order valence-electron chi connectivity index (χ0n) is 11.7. The van der Waals surface area contributed by atoms with Gasteiger partial charge >= 0.3 is 0 Å². The van der Waals surface area contributed by atoms with Gasteiger partial charge in [-0.15, -0.1) is 0 Å². The molecule has 0 aliphatic heterocycles. The van der Waals surface area contributed by atoms with Gasteiger partial charge in [0.15, 0.2) is 0 Å². The fourth-order valence-corrected chi connectivity index (χ4v) is 1.94. The number of anilines is 1. The van der Waals surface area contributed by atoms with E-state index in [4.69, 9.17) is 0 Å². The summed E-state index contributed by atoms with van der Waals surface area (Å²) in [6.45, 7) is 7.78. The summed E-state index contributed by atoms with van der Waals surface area (Å²) in [5, 5.41) is 0. The predicted molar refractivity (Wildman–Crippen MR) is 73.3 cm³/mol. The molecule has 0 radical (unpaired) electrons. The van der Waals surface area contributed by atoms with Gasteiger partial charge < -0.3 is 4.90 Å². The Balaban J connectivity index is 3.08. The molecule has 100 valence electrons. The third-order valence-corrected chi connectivity index (χ3v) is 3.18. The molecule has 0 saturated carbocycles. The van der Waals surface area contributed by atoms with Crippen molar-refractivity contribution in [2.45, 2.75) is 53.0 Å². The third-order valence-electron chi connectivity index (χ3n) is 3.18. The highest BCUT2D eigenvalue weighted by atomic mass is 19.1. The maximum atomic E-state index is 13.3. The van der Waals surface area contributed by atoms with Crippen molar-refractivity contribution in [1.29, 1.82) is 0 Å². The molecule has 1 aromatic rings. The van der Waals surface area contributed by atoms with E-state index in [1.165, 1.54) is 6.07 Å². The minimum atomic E-state index is -0.231. The second-order valence-electron chi connectivity index (χ2n) is 4.70. The van der Waals surface area contributed by atoms with Crippen molar-refractivity contribution in [3.63, 3.8) is 0 Å². The Morgan fingerprint density at radius 1 is 1.39 bits per heavy atom. The maximum absolute atomic E-state index is 13.3.